The Morgan fingerprint density at radius 1 is 1.35 bits per heavy atom. The maximum absolute atomic E-state index is 8.82. The van der Waals surface area contributed by atoms with E-state index < -0.39 is 0 Å². The van der Waals surface area contributed by atoms with Crippen LogP contribution in [-0.2, 0) is 6.54 Å². The van der Waals surface area contributed by atoms with Crippen LogP contribution in [0.5, 0.6) is 5.75 Å². The van der Waals surface area contributed by atoms with Crippen molar-refractivity contribution in [3.63, 3.8) is 0 Å². The van der Waals surface area contributed by atoms with Crippen LogP contribution < -0.4 is 4.74 Å². The molecule has 0 aliphatic carbocycles. The quantitative estimate of drug-likeness (QED) is 0.809. The third kappa shape index (κ3) is 3.87. The molecule has 104 valence electrons. The molecule has 0 atom stereocenters. The first-order valence-corrected chi connectivity index (χ1v) is 6.53. The molecule has 0 amide bonds. The van der Waals surface area contributed by atoms with Gasteiger partial charge in [0.2, 0.25) is 0 Å². The Labute approximate surface area is 119 Å². The Morgan fingerprint density at radius 2 is 2.20 bits per heavy atom. The number of hydrogen-bond donors (Lipinski definition) is 0. The van der Waals surface area contributed by atoms with Gasteiger partial charge in [-0.2, -0.15) is 5.26 Å². The molecule has 0 aliphatic heterocycles. The van der Waals surface area contributed by atoms with Gasteiger partial charge in [0.1, 0.15) is 18.1 Å². The van der Waals surface area contributed by atoms with Gasteiger partial charge < -0.3 is 9.15 Å². The van der Waals surface area contributed by atoms with Gasteiger partial charge in [-0.05, 0) is 38.2 Å². The summed E-state index contributed by atoms with van der Waals surface area (Å²) in [6, 6.07) is 11.3. The topological polar surface area (TPSA) is 49.4 Å². The molecule has 0 saturated carbocycles. The van der Waals surface area contributed by atoms with E-state index in [0.29, 0.717) is 12.2 Å². The van der Waals surface area contributed by atoms with Gasteiger partial charge in [0.25, 0.3) is 0 Å². The summed E-state index contributed by atoms with van der Waals surface area (Å²) in [5.41, 5.74) is 1.81. The zero-order chi connectivity index (χ0) is 14.4. The predicted molar refractivity (Wildman–Crippen MR) is 76.4 cm³/mol. The van der Waals surface area contributed by atoms with E-state index in [-0.39, 0.29) is 0 Å². The molecule has 1 aromatic heterocycles. The van der Waals surface area contributed by atoms with E-state index in [1.807, 2.05) is 32.2 Å². The molecule has 20 heavy (non-hydrogen) atoms. The number of benzene rings is 1. The van der Waals surface area contributed by atoms with Crippen molar-refractivity contribution in [3.05, 3.63) is 53.5 Å². The van der Waals surface area contributed by atoms with Crippen molar-refractivity contribution in [2.24, 2.45) is 0 Å². The molecule has 4 heteroatoms. The minimum atomic E-state index is 0.586. The molecule has 0 radical (unpaired) electrons. The van der Waals surface area contributed by atoms with Crippen LogP contribution in [0.25, 0.3) is 0 Å². The summed E-state index contributed by atoms with van der Waals surface area (Å²) in [7, 11) is 2.04. The largest absolute Gasteiger partial charge is 0.492 e. The average Bonchev–Trinajstić information content (AvgIpc) is 2.84. The summed E-state index contributed by atoms with van der Waals surface area (Å²) in [6.45, 7) is 4.20. The second-order valence-electron chi connectivity index (χ2n) is 4.73. The molecule has 0 spiro atoms. The minimum absolute atomic E-state index is 0.586. The maximum Gasteiger partial charge on any atom is 0.120 e. The van der Waals surface area contributed by atoms with Crippen LogP contribution in [-0.4, -0.2) is 25.1 Å². The first-order valence-electron chi connectivity index (χ1n) is 6.53. The molecule has 4 nitrogen and oxygen atoms in total. The van der Waals surface area contributed by atoms with Gasteiger partial charge in [-0.15, -0.1) is 0 Å². The number of rotatable bonds is 6. The number of aryl methyl sites for hydroxylation is 1. The normalized spacial score (nSPS) is 10.5. The highest BCUT2D eigenvalue weighted by atomic mass is 16.5. The minimum Gasteiger partial charge on any atom is -0.492 e. The molecule has 0 saturated heterocycles. The maximum atomic E-state index is 8.82. The van der Waals surface area contributed by atoms with Crippen molar-refractivity contribution in [1.29, 1.82) is 5.26 Å². The van der Waals surface area contributed by atoms with Crippen LogP contribution in [0.1, 0.15) is 16.9 Å². The number of hydrogen-bond acceptors (Lipinski definition) is 4. The highest BCUT2D eigenvalue weighted by molar-refractivity contribution is 5.36. The second-order valence-corrected chi connectivity index (χ2v) is 4.73. The third-order valence-electron chi connectivity index (χ3n) is 3.11. The van der Waals surface area contributed by atoms with Gasteiger partial charge in [0.05, 0.1) is 17.9 Å². The summed E-state index contributed by atoms with van der Waals surface area (Å²) in [5, 5.41) is 8.82. The summed E-state index contributed by atoms with van der Waals surface area (Å²) in [4.78, 5) is 2.17. The molecular weight excluding hydrogens is 252 g/mol. The molecule has 1 heterocycles. The summed E-state index contributed by atoms with van der Waals surface area (Å²) in [6.07, 6.45) is 1.71. The Bertz CT molecular complexity index is 599. The number of likely N-dealkylation sites (N-methyl/N-ethyl adjacent to an activating group) is 1. The van der Waals surface area contributed by atoms with Crippen LogP contribution in [0.15, 0.2) is 41.0 Å². The van der Waals surface area contributed by atoms with Crippen molar-refractivity contribution >= 4 is 0 Å². The zero-order valence-electron chi connectivity index (χ0n) is 11.8. The highest BCUT2D eigenvalue weighted by Crippen LogP contribution is 2.13. The summed E-state index contributed by atoms with van der Waals surface area (Å²) in [5.74, 6) is 1.69. The fourth-order valence-corrected chi connectivity index (χ4v) is 1.92. The van der Waals surface area contributed by atoms with Gasteiger partial charge in [-0.25, -0.2) is 0 Å². The van der Waals surface area contributed by atoms with Gasteiger partial charge in [0, 0.05) is 18.7 Å². The Hall–Kier alpha value is -2.25. The number of nitriles is 1. The van der Waals surface area contributed by atoms with Gasteiger partial charge in [0.15, 0.2) is 0 Å². The highest BCUT2D eigenvalue weighted by Gasteiger charge is 2.05. The second kappa shape index (κ2) is 6.78. The third-order valence-corrected chi connectivity index (χ3v) is 3.11. The SMILES string of the molecule is Cc1occc1CN(C)CCOc1cccc(C#N)c1. The first kappa shape index (κ1) is 14.2. The van der Waals surface area contributed by atoms with Gasteiger partial charge in [-0.1, -0.05) is 6.07 Å². The Balaban J connectivity index is 1.78. The van der Waals surface area contributed by atoms with Crippen LogP contribution in [0.2, 0.25) is 0 Å². The predicted octanol–water partition coefficient (Wildman–Crippen LogP) is 2.97. The van der Waals surface area contributed by atoms with Gasteiger partial charge >= 0.3 is 0 Å². The van der Waals surface area contributed by atoms with Crippen molar-refractivity contribution < 1.29 is 9.15 Å². The van der Waals surface area contributed by atoms with Crippen molar-refractivity contribution in [3.8, 4) is 11.8 Å². The molecule has 1 aromatic carbocycles. The van der Waals surface area contributed by atoms with Crippen molar-refractivity contribution in [2.75, 3.05) is 20.2 Å². The van der Waals surface area contributed by atoms with Crippen molar-refractivity contribution in [2.45, 2.75) is 13.5 Å². The number of nitrogens with zero attached hydrogens (tertiary/aromatic N) is 2. The molecule has 0 aliphatic rings. The van der Waals surface area contributed by atoms with Crippen LogP contribution in [0.4, 0.5) is 0 Å². The van der Waals surface area contributed by atoms with Crippen LogP contribution in [0.3, 0.4) is 0 Å². The van der Waals surface area contributed by atoms with Crippen LogP contribution in [0, 0.1) is 18.3 Å². The average molecular weight is 270 g/mol. The fourth-order valence-electron chi connectivity index (χ4n) is 1.92. The molecule has 2 aromatic rings. The standard InChI is InChI=1S/C16H18N2O2/c1-13-15(6-8-19-13)12-18(2)7-9-20-16-5-3-4-14(10-16)11-17/h3-6,8,10H,7,9,12H2,1-2H3. The van der Waals surface area contributed by atoms with E-state index in [1.165, 1.54) is 5.56 Å². The summed E-state index contributed by atoms with van der Waals surface area (Å²) >= 11 is 0. The number of ether oxygens (including phenoxy) is 1. The lowest BCUT2D eigenvalue weighted by atomic mass is 10.2. The zero-order valence-corrected chi connectivity index (χ0v) is 11.8. The first-order chi connectivity index (χ1) is 9.69. The Morgan fingerprint density at radius 3 is 2.90 bits per heavy atom. The van der Waals surface area contributed by atoms with E-state index in [1.54, 1.807) is 18.4 Å². The summed E-state index contributed by atoms with van der Waals surface area (Å²) < 4.78 is 10.9. The lowest BCUT2D eigenvalue weighted by molar-refractivity contribution is 0.232. The van der Waals surface area contributed by atoms with Crippen LogP contribution >= 0.6 is 0 Å². The van der Waals surface area contributed by atoms with E-state index >= 15 is 0 Å². The van der Waals surface area contributed by atoms with Crippen molar-refractivity contribution in [1.82, 2.24) is 4.90 Å². The van der Waals surface area contributed by atoms with E-state index in [4.69, 9.17) is 14.4 Å². The molecule has 0 fully saturated rings. The molecule has 0 bridgehead atoms. The fraction of sp³-hybridized carbons (Fsp3) is 0.312. The molecule has 2 rings (SSSR count). The van der Waals surface area contributed by atoms with Gasteiger partial charge in [-0.3, -0.25) is 4.90 Å². The Kier molecular flexibility index (Phi) is 4.80. The number of furan rings is 1. The van der Waals surface area contributed by atoms with E-state index in [2.05, 4.69) is 11.0 Å². The van der Waals surface area contributed by atoms with E-state index in [9.17, 15) is 0 Å². The lowest BCUT2D eigenvalue weighted by Gasteiger charge is -2.16. The monoisotopic (exact) mass is 270 g/mol. The molecule has 0 N–H and O–H groups in total. The van der Waals surface area contributed by atoms with E-state index in [0.717, 1.165) is 24.6 Å². The molecule has 0 unspecified atom stereocenters. The smallest absolute Gasteiger partial charge is 0.120 e. The molecular formula is C16H18N2O2. The lowest BCUT2D eigenvalue weighted by Crippen LogP contribution is -2.24.